The summed E-state index contributed by atoms with van der Waals surface area (Å²) in [6.45, 7) is 0.242. The molecule has 0 aliphatic carbocycles. The molecule has 0 saturated carbocycles. The second-order valence-electron chi connectivity index (χ2n) is 6.65. The van der Waals surface area contributed by atoms with Gasteiger partial charge in [-0.15, -0.1) is 11.8 Å². The van der Waals surface area contributed by atoms with Crippen LogP contribution in [-0.4, -0.2) is 43.9 Å². The van der Waals surface area contributed by atoms with E-state index in [1.54, 1.807) is 24.3 Å². The highest BCUT2D eigenvalue weighted by molar-refractivity contribution is 8.01. The SMILES string of the molecule is CN(C)S(=O)(=O)c1ccc(CNC(=O)CC2Sc3ccc(Cl)cc3NC2=O)cc1. The van der Waals surface area contributed by atoms with Gasteiger partial charge in [-0.25, -0.2) is 12.7 Å². The van der Waals surface area contributed by atoms with Crippen molar-refractivity contribution in [2.75, 3.05) is 19.4 Å². The Balaban J connectivity index is 1.56. The molecule has 2 aromatic rings. The van der Waals surface area contributed by atoms with Crippen LogP contribution in [0, 0.1) is 0 Å². The Hall–Kier alpha value is -2.07. The van der Waals surface area contributed by atoms with Gasteiger partial charge < -0.3 is 10.6 Å². The summed E-state index contributed by atoms with van der Waals surface area (Å²) < 4.78 is 25.3. The van der Waals surface area contributed by atoms with Gasteiger partial charge in [0.25, 0.3) is 0 Å². The highest BCUT2D eigenvalue weighted by Gasteiger charge is 2.29. The Morgan fingerprint density at radius 3 is 2.55 bits per heavy atom. The number of hydrogen-bond donors (Lipinski definition) is 2. The number of anilines is 1. The first-order valence-corrected chi connectivity index (χ1v) is 11.4. The summed E-state index contributed by atoms with van der Waals surface area (Å²) >= 11 is 7.26. The standard InChI is InChI=1S/C19H20ClN3O4S2/c1-23(2)29(26,27)14-6-3-12(4-7-14)11-21-18(24)10-17-19(25)22-15-9-13(20)5-8-16(15)28-17/h3-9,17H,10-11H2,1-2H3,(H,21,24)(H,22,25). The molecule has 1 aliphatic rings. The number of sulfonamides is 1. The van der Waals surface area contributed by atoms with Crippen LogP contribution in [0.4, 0.5) is 5.69 Å². The predicted octanol–water partition coefficient (Wildman–Crippen LogP) is 2.71. The second-order valence-corrected chi connectivity index (χ2v) is 10.5. The lowest BCUT2D eigenvalue weighted by Gasteiger charge is -2.23. The van der Waals surface area contributed by atoms with Crippen LogP contribution >= 0.6 is 23.4 Å². The molecule has 1 atom stereocenters. The third kappa shape index (κ3) is 5.11. The lowest BCUT2D eigenvalue weighted by molar-refractivity contribution is -0.124. The fourth-order valence-corrected chi connectivity index (χ4v) is 4.85. The molecule has 29 heavy (non-hydrogen) atoms. The smallest absolute Gasteiger partial charge is 0.242 e. The first-order chi connectivity index (χ1) is 13.7. The van der Waals surface area contributed by atoms with Crippen LogP contribution < -0.4 is 10.6 Å². The minimum atomic E-state index is -3.49. The molecule has 2 aromatic carbocycles. The topological polar surface area (TPSA) is 95.6 Å². The van der Waals surface area contributed by atoms with E-state index in [2.05, 4.69) is 10.6 Å². The zero-order valence-corrected chi connectivity index (χ0v) is 18.2. The third-order valence-electron chi connectivity index (χ3n) is 4.32. The Morgan fingerprint density at radius 1 is 1.21 bits per heavy atom. The molecule has 0 aromatic heterocycles. The number of nitrogens with one attached hydrogen (secondary N) is 2. The van der Waals surface area contributed by atoms with Crippen molar-refractivity contribution in [3.63, 3.8) is 0 Å². The summed E-state index contributed by atoms with van der Waals surface area (Å²) in [6.07, 6.45) is 0.0334. The van der Waals surface area contributed by atoms with Gasteiger partial charge in [-0.05, 0) is 35.9 Å². The number of amides is 2. The van der Waals surface area contributed by atoms with Crippen molar-refractivity contribution in [1.29, 1.82) is 0 Å². The van der Waals surface area contributed by atoms with E-state index in [0.29, 0.717) is 10.7 Å². The van der Waals surface area contributed by atoms with Crippen LogP contribution in [0.2, 0.25) is 5.02 Å². The summed E-state index contributed by atoms with van der Waals surface area (Å²) in [5.74, 6) is -0.502. The van der Waals surface area contributed by atoms with E-state index in [1.807, 2.05) is 6.07 Å². The molecule has 10 heteroatoms. The van der Waals surface area contributed by atoms with Gasteiger partial charge in [0.1, 0.15) is 0 Å². The maximum atomic E-state index is 12.3. The lowest BCUT2D eigenvalue weighted by Crippen LogP contribution is -2.34. The average Bonchev–Trinajstić information content (AvgIpc) is 2.67. The van der Waals surface area contributed by atoms with Crippen molar-refractivity contribution < 1.29 is 18.0 Å². The van der Waals surface area contributed by atoms with Crippen molar-refractivity contribution in [2.45, 2.75) is 28.0 Å². The summed E-state index contributed by atoms with van der Waals surface area (Å²) in [5.41, 5.74) is 1.41. The summed E-state index contributed by atoms with van der Waals surface area (Å²) in [6, 6.07) is 11.5. The summed E-state index contributed by atoms with van der Waals surface area (Å²) in [5, 5.41) is 5.54. The fourth-order valence-electron chi connectivity index (χ4n) is 2.69. The zero-order valence-electron chi connectivity index (χ0n) is 15.8. The number of rotatable bonds is 6. The van der Waals surface area contributed by atoms with Gasteiger partial charge in [0.2, 0.25) is 21.8 Å². The van der Waals surface area contributed by atoms with Crippen LogP contribution in [0.3, 0.4) is 0 Å². The quantitative estimate of drug-likeness (QED) is 0.701. The Morgan fingerprint density at radius 2 is 1.90 bits per heavy atom. The van der Waals surface area contributed by atoms with Crippen molar-refractivity contribution in [2.24, 2.45) is 0 Å². The summed E-state index contributed by atoms with van der Waals surface area (Å²) in [4.78, 5) is 25.6. The van der Waals surface area contributed by atoms with Crippen molar-refractivity contribution >= 4 is 50.9 Å². The largest absolute Gasteiger partial charge is 0.352 e. The van der Waals surface area contributed by atoms with Gasteiger partial charge >= 0.3 is 0 Å². The number of fused-ring (bicyclic) bond motifs is 1. The van der Waals surface area contributed by atoms with Gasteiger partial charge in [0, 0.05) is 37.0 Å². The van der Waals surface area contributed by atoms with Gasteiger partial charge in [0.15, 0.2) is 0 Å². The van der Waals surface area contributed by atoms with E-state index in [0.717, 1.165) is 14.8 Å². The molecule has 1 heterocycles. The second kappa shape index (κ2) is 8.74. The highest BCUT2D eigenvalue weighted by atomic mass is 35.5. The molecule has 0 bridgehead atoms. The Bertz CT molecular complexity index is 1040. The van der Waals surface area contributed by atoms with Gasteiger partial charge in [-0.2, -0.15) is 0 Å². The Labute approximate surface area is 178 Å². The fraction of sp³-hybridized carbons (Fsp3) is 0.263. The molecular formula is C19H20ClN3O4S2. The monoisotopic (exact) mass is 453 g/mol. The van der Waals surface area contributed by atoms with E-state index in [9.17, 15) is 18.0 Å². The van der Waals surface area contributed by atoms with E-state index in [4.69, 9.17) is 11.6 Å². The van der Waals surface area contributed by atoms with Gasteiger partial charge in [-0.3, -0.25) is 9.59 Å². The van der Waals surface area contributed by atoms with E-state index in [1.165, 1.54) is 38.0 Å². The molecule has 154 valence electrons. The maximum absolute atomic E-state index is 12.3. The normalized spacial score (nSPS) is 16.3. The number of halogens is 1. The maximum Gasteiger partial charge on any atom is 0.242 e. The third-order valence-corrected chi connectivity index (χ3v) is 7.66. The minimum Gasteiger partial charge on any atom is -0.352 e. The average molecular weight is 454 g/mol. The molecule has 2 amide bonds. The first-order valence-electron chi connectivity index (χ1n) is 8.72. The molecule has 0 saturated heterocycles. The number of thioether (sulfide) groups is 1. The number of carbonyl (C=O) groups excluding carboxylic acids is 2. The van der Waals surface area contributed by atoms with Crippen LogP contribution in [0.5, 0.6) is 0 Å². The minimum absolute atomic E-state index is 0.0334. The van der Waals surface area contributed by atoms with Crippen LogP contribution in [0.25, 0.3) is 0 Å². The molecule has 1 unspecified atom stereocenters. The van der Waals surface area contributed by atoms with Crippen molar-refractivity contribution in [3.05, 3.63) is 53.1 Å². The van der Waals surface area contributed by atoms with E-state index in [-0.39, 0.29) is 29.7 Å². The highest BCUT2D eigenvalue weighted by Crippen LogP contribution is 2.38. The lowest BCUT2D eigenvalue weighted by atomic mass is 10.2. The van der Waals surface area contributed by atoms with Crippen LogP contribution in [-0.2, 0) is 26.2 Å². The number of nitrogens with zero attached hydrogens (tertiary/aromatic N) is 1. The molecule has 2 N–H and O–H groups in total. The van der Waals surface area contributed by atoms with Crippen molar-refractivity contribution in [1.82, 2.24) is 9.62 Å². The van der Waals surface area contributed by atoms with Crippen molar-refractivity contribution in [3.8, 4) is 0 Å². The molecule has 0 spiro atoms. The molecule has 0 fully saturated rings. The van der Waals surface area contributed by atoms with Gasteiger partial charge in [0.05, 0.1) is 15.8 Å². The molecule has 3 rings (SSSR count). The van der Waals surface area contributed by atoms with Crippen LogP contribution in [0.1, 0.15) is 12.0 Å². The number of carbonyl (C=O) groups is 2. The molecular weight excluding hydrogens is 434 g/mol. The first kappa shape index (κ1) is 21.6. The predicted molar refractivity (Wildman–Crippen MR) is 114 cm³/mol. The number of hydrogen-bond acceptors (Lipinski definition) is 5. The van der Waals surface area contributed by atoms with E-state index < -0.39 is 15.3 Å². The molecule has 1 aliphatic heterocycles. The molecule has 7 nitrogen and oxygen atoms in total. The number of benzene rings is 2. The molecule has 0 radical (unpaired) electrons. The Kier molecular flexibility index (Phi) is 6.52. The van der Waals surface area contributed by atoms with E-state index >= 15 is 0 Å². The van der Waals surface area contributed by atoms with Gasteiger partial charge in [-0.1, -0.05) is 23.7 Å². The zero-order chi connectivity index (χ0) is 21.2. The summed E-state index contributed by atoms with van der Waals surface area (Å²) in [7, 11) is -0.551. The van der Waals surface area contributed by atoms with Crippen LogP contribution in [0.15, 0.2) is 52.3 Å².